The van der Waals surface area contributed by atoms with Gasteiger partial charge >= 0.3 is 5.97 Å². The molecule has 0 fully saturated rings. The van der Waals surface area contributed by atoms with Crippen LogP contribution in [0.3, 0.4) is 0 Å². The minimum absolute atomic E-state index is 0.0623. The van der Waals surface area contributed by atoms with Crippen LogP contribution in [0.2, 0.25) is 0 Å². The van der Waals surface area contributed by atoms with Crippen molar-refractivity contribution >= 4 is 23.3 Å². The highest BCUT2D eigenvalue weighted by Gasteiger charge is 2.17. The summed E-state index contributed by atoms with van der Waals surface area (Å²) in [5, 5.41) is 13.3. The number of carbonyl (C=O) groups excluding carboxylic acids is 2. The van der Waals surface area contributed by atoms with Crippen LogP contribution in [0, 0.1) is 10.1 Å². The van der Waals surface area contributed by atoms with Crippen molar-refractivity contribution in [3.8, 4) is 0 Å². The molecule has 1 N–H and O–H groups in total. The summed E-state index contributed by atoms with van der Waals surface area (Å²) < 4.78 is 5.03. The molecule has 26 heavy (non-hydrogen) atoms. The third-order valence-electron chi connectivity index (χ3n) is 4.29. The number of rotatable bonds is 5. The summed E-state index contributed by atoms with van der Waals surface area (Å²) in [7, 11) is 0. The zero-order valence-electron chi connectivity index (χ0n) is 14.1. The van der Waals surface area contributed by atoms with Gasteiger partial charge in [0.25, 0.3) is 11.6 Å². The quantitative estimate of drug-likeness (QED) is 0.505. The van der Waals surface area contributed by atoms with Crippen LogP contribution in [0.25, 0.3) is 0 Å². The molecular weight excluding hydrogens is 336 g/mol. The van der Waals surface area contributed by atoms with Crippen LogP contribution in [-0.2, 0) is 22.4 Å². The van der Waals surface area contributed by atoms with E-state index in [2.05, 4.69) is 5.32 Å². The molecule has 0 aromatic heterocycles. The molecule has 1 aliphatic carbocycles. The number of fused-ring (bicyclic) bond motifs is 1. The minimum atomic E-state index is -0.634. The second-order valence-electron chi connectivity index (χ2n) is 6.09. The Morgan fingerprint density at radius 1 is 1.08 bits per heavy atom. The number of anilines is 1. The van der Waals surface area contributed by atoms with Gasteiger partial charge in [-0.25, -0.2) is 4.79 Å². The lowest BCUT2D eigenvalue weighted by Crippen LogP contribution is -2.21. The van der Waals surface area contributed by atoms with Crippen molar-refractivity contribution in [1.82, 2.24) is 0 Å². The van der Waals surface area contributed by atoms with Crippen LogP contribution in [0.5, 0.6) is 0 Å². The third kappa shape index (κ3) is 4.05. The fourth-order valence-electron chi connectivity index (χ4n) is 3.00. The average Bonchev–Trinajstić information content (AvgIpc) is 2.66. The van der Waals surface area contributed by atoms with E-state index in [0.717, 1.165) is 31.2 Å². The Hall–Kier alpha value is -3.22. The molecule has 7 nitrogen and oxygen atoms in total. The molecule has 2 aromatic rings. The number of hydrogen-bond donors (Lipinski definition) is 1. The molecule has 0 bridgehead atoms. The summed E-state index contributed by atoms with van der Waals surface area (Å²) in [6, 6.07) is 11.2. The van der Waals surface area contributed by atoms with Gasteiger partial charge in [0.2, 0.25) is 0 Å². The molecule has 3 rings (SSSR count). The second kappa shape index (κ2) is 7.77. The SMILES string of the molecule is O=C(COC(=O)c1ccc2c(c1)CCCC2)Nc1ccccc1[N+](=O)[O-]. The number of carbonyl (C=O) groups is 2. The smallest absolute Gasteiger partial charge is 0.338 e. The van der Waals surface area contributed by atoms with E-state index in [9.17, 15) is 19.7 Å². The van der Waals surface area contributed by atoms with Crippen LogP contribution in [0.4, 0.5) is 11.4 Å². The van der Waals surface area contributed by atoms with E-state index in [4.69, 9.17) is 4.74 Å². The first-order chi connectivity index (χ1) is 12.5. The number of ether oxygens (including phenoxy) is 1. The highest BCUT2D eigenvalue weighted by molar-refractivity contribution is 5.96. The molecule has 7 heteroatoms. The molecule has 0 heterocycles. The number of benzene rings is 2. The lowest BCUT2D eigenvalue weighted by atomic mass is 9.90. The zero-order chi connectivity index (χ0) is 18.5. The Bertz CT molecular complexity index is 863. The van der Waals surface area contributed by atoms with Crippen molar-refractivity contribution < 1.29 is 19.2 Å². The standard InChI is InChI=1S/C19H18N2O5/c22-18(20-16-7-3-4-8-17(16)21(24)25)12-26-19(23)15-10-9-13-5-1-2-6-14(13)11-15/h3-4,7-11H,1-2,5-6,12H2,(H,20,22). The molecule has 1 amide bonds. The molecule has 0 radical (unpaired) electrons. The van der Waals surface area contributed by atoms with Crippen molar-refractivity contribution in [1.29, 1.82) is 0 Å². The highest BCUT2D eigenvalue weighted by Crippen LogP contribution is 2.24. The number of nitrogens with one attached hydrogen (secondary N) is 1. The maximum Gasteiger partial charge on any atom is 0.338 e. The highest BCUT2D eigenvalue weighted by atomic mass is 16.6. The summed E-state index contributed by atoms with van der Waals surface area (Å²) in [6.45, 7) is -0.512. The molecular formula is C19H18N2O5. The molecule has 1 aliphatic rings. The number of amides is 1. The van der Waals surface area contributed by atoms with E-state index in [0.29, 0.717) is 5.56 Å². The summed E-state index contributed by atoms with van der Waals surface area (Å²) in [5.41, 5.74) is 2.65. The number of nitro groups is 1. The summed E-state index contributed by atoms with van der Waals surface area (Å²) >= 11 is 0. The fraction of sp³-hybridized carbons (Fsp3) is 0.263. The van der Waals surface area contributed by atoms with Crippen molar-refractivity contribution in [3.05, 3.63) is 69.3 Å². The normalized spacial score (nSPS) is 12.8. The molecule has 0 spiro atoms. The van der Waals surface area contributed by atoms with E-state index in [1.165, 1.54) is 23.8 Å². The molecule has 134 valence electrons. The molecule has 0 unspecified atom stereocenters. The van der Waals surface area contributed by atoms with Gasteiger partial charge < -0.3 is 10.1 Å². The predicted molar refractivity (Wildman–Crippen MR) is 95.1 cm³/mol. The van der Waals surface area contributed by atoms with Gasteiger partial charge in [-0.3, -0.25) is 14.9 Å². The van der Waals surface area contributed by atoms with Crippen LogP contribution in [0.1, 0.15) is 34.3 Å². The number of nitrogens with zero attached hydrogens (tertiary/aromatic N) is 1. The van der Waals surface area contributed by atoms with Crippen molar-refractivity contribution in [2.24, 2.45) is 0 Å². The lowest BCUT2D eigenvalue weighted by Gasteiger charge is -2.16. The Labute approximate surface area is 150 Å². The maximum absolute atomic E-state index is 12.2. The molecule has 0 atom stereocenters. The Morgan fingerprint density at radius 3 is 2.58 bits per heavy atom. The first-order valence-electron chi connectivity index (χ1n) is 8.37. The second-order valence-corrected chi connectivity index (χ2v) is 6.09. The largest absolute Gasteiger partial charge is 0.452 e. The molecule has 0 aliphatic heterocycles. The summed E-state index contributed by atoms with van der Waals surface area (Å²) in [6.07, 6.45) is 4.21. The van der Waals surface area contributed by atoms with Crippen molar-refractivity contribution in [3.63, 3.8) is 0 Å². The Morgan fingerprint density at radius 2 is 1.81 bits per heavy atom. The van der Waals surface area contributed by atoms with Gasteiger partial charge in [-0.05, 0) is 55.0 Å². The molecule has 2 aromatic carbocycles. The van der Waals surface area contributed by atoms with E-state index in [1.807, 2.05) is 12.1 Å². The van der Waals surface area contributed by atoms with E-state index in [-0.39, 0.29) is 11.4 Å². The van der Waals surface area contributed by atoms with E-state index < -0.39 is 23.4 Å². The van der Waals surface area contributed by atoms with E-state index in [1.54, 1.807) is 12.1 Å². The maximum atomic E-state index is 12.2. The molecule has 0 saturated carbocycles. The Balaban J connectivity index is 1.59. The summed E-state index contributed by atoms with van der Waals surface area (Å²) in [5.74, 6) is -1.22. The minimum Gasteiger partial charge on any atom is -0.452 e. The molecule has 0 saturated heterocycles. The zero-order valence-corrected chi connectivity index (χ0v) is 14.1. The topological polar surface area (TPSA) is 98.5 Å². The fourth-order valence-corrected chi connectivity index (χ4v) is 3.00. The first kappa shape index (κ1) is 17.6. The van der Waals surface area contributed by atoms with Crippen molar-refractivity contribution in [2.45, 2.75) is 25.7 Å². The van der Waals surface area contributed by atoms with Crippen LogP contribution < -0.4 is 5.32 Å². The Kier molecular flexibility index (Phi) is 5.26. The van der Waals surface area contributed by atoms with Gasteiger partial charge in [0.05, 0.1) is 10.5 Å². The number of para-hydroxylation sites is 2. The predicted octanol–water partition coefficient (Wildman–Crippen LogP) is 3.27. The average molecular weight is 354 g/mol. The number of esters is 1. The van der Waals surface area contributed by atoms with Crippen LogP contribution >= 0.6 is 0 Å². The van der Waals surface area contributed by atoms with Crippen LogP contribution in [-0.4, -0.2) is 23.4 Å². The third-order valence-corrected chi connectivity index (χ3v) is 4.29. The number of aryl methyl sites for hydroxylation is 2. The van der Waals surface area contributed by atoms with Crippen molar-refractivity contribution in [2.75, 3.05) is 11.9 Å². The monoisotopic (exact) mass is 354 g/mol. The number of hydrogen-bond acceptors (Lipinski definition) is 5. The lowest BCUT2D eigenvalue weighted by molar-refractivity contribution is -0.383. The number of nitro benzene ring substituents is 1. The van der Waals surface area contributed by atoms with Gasteiger partial charge in [-0.15, -0.1) is 0 Å². The van der Waals surface area contributed by atoms with Crippen LogP contribution in [0.15, 0.2) is 42.5 Å². The van der Waals surface area contributed by atoms with Gasteiger partial charge in [-0.1, -0.05) is 18.2 Å². The van der Waals surface area contributed by atoms with Gasteiger partial charge in [0.1, 0.15) is 5.69 Å². The van der Waals surface area contributed by atoms with E-state index >= 15 is 0 Å². The van der Waals surface area contributed by atoms with Gasteiger partial charge in [-0.2, -0.15) is 0 Å². The van der Waals surface area contributed by atoms with Gasteiger partial charge in [0.15, 0.2) is 6.61 Å². The van der Waals surface area contributed by atoms with Gasteiger partial charge in [0, 0.05) is 6.07 Å². The first-order valence-corrected chi connectivity index (χ1v) is 8.37. The summed E-state index contributed by atoms with van der Waals surface area (Å²) in [4.78, 5) is 34.4.